The number of nitrogens with one attached hydrogen (secondary N) is 1. The third-order valence-electron chi connectivity index (χ3n) is 4.62. The molecule has 0 saturated carbocycles. The van der Waals surface area contributed by atoms with E-state index in [4.69, 9.17) is 0 Å². The monoisotopic (exact) mass is 438 g/mol. The van der Waals surface area contributed by atoms with E-state index in [1.165, 1.54) is 40.9 Å². The molecule has 1 aliphatic rings. The van der Waals surface area contributed by atoms with Crippen LogP contribution in [0.25, 0.3) is 4.96 Å². The first kappa shape index (κ1) is 19.9. The molecule has 3 heterocycles. The molecular weight excluding hydrogens is 425 g/mol. The topological polar surface area (TPSA) is 93.0 Å². The van der Waals surface area contributed by atoms with Gasteiger partial charge in [0.05, 0.1) is 12.2 Å². The number of carbonyl (C=O) groups is 2. The molecule has 156 valence electrons. The van der Waals surface area contributed by atoms with Crippen molar-refractivity contribution in [1.29, 1.82) is 0 Å². The Kier molecular flexibility index (Phi) is 4.53. The quantitative estimate of drug-likeness (QED) is 0.633. The Hall–Kier alpha value is -3.41. The number of alkyl halides is 3. The SMILES string of the molecule is CC1(c2ccc(OC(F)(F)F)cc2)NC(=O)N(Cc2cc(=O)n3ccsc3n2)C1=O. The number of fused-ring (bicyclic) bond motifs is 1. The van der Waals surface area contributed by atoms with E-state index in [0.717, 1.165) is 17.0 Å². The van der Waals surface area contributed by atoms with Gasteiger partial charge in [0.2, 0.25) is 0 Å². The fourth-order valence-electron chi connectivity index (χ4n) is 3.16. The number of benzene rings is 1. The predicted octanol–water partition coefficient (Wildman–Crippen LogP) is 2.62. The number of halogens is 3. The lowest BCUT2D eigenvalue weighted by molar-refractivity contribution is -0.274. The third kappa shape index (κ3) is 3.49. The molecule has 0 spiro atoms. The van der Waals surface area contributed by atoms with Crippen LogP contribution in [-0.4, -0.2) is 32.6 Å². The minimum Gasteiger partial charge on any atom is -0.406 e. The summed E-state index contributed by atoms with van der Waals surface area (Å²) in [4.78, 5) is 43.1. The van der Waals surface area contributed by atoms with E-state index in [1.54, 1.807) is 11.6 Å². The van der Waals surface area contributed by atoms with Crippen molar-refractivity contribution in [3.8, 4) is 5.75 Å². The highest BCUT2D eigenvalue weighted by molar-refractivity contribution is 7.15. The van der Waals surface area contributed by atoms with E-state index < -0.39 is 29.6 Å². The Balaban J connectivity index is 1.58. The van der Waals surface area contributed by atoms with Crippen molar-refractivity contribution < 1.29 is 27.5 Å². The lowest BCUT2D eigenvalue weighted by atomic mass is 9.92. The molecule has 1 unspecified atom stereocenters. The third-order valence-corrected chi connectivity index (χ3v) is 5.37. The fourth-order valence-corrected chi connectivity index (χ4v) is 3.90. The maximum atomic E-state index is 13.0. The van der Waals surface area contributed by atoms with Gasteiger partial charge in [-0.2, -0.15) is 0 Å². The van der Waals surface area contributed by atoms with Crippen molar-refractivity contribution in [2.24, 2.45) is 0 Å². The normalized spacial score (nSPS) is 19.4. The maximum Gasteiger partial charge on any atom is 0.573 e. The second-order valence-electron chi connectivity index (χ2n) is 6.66. The minimum atomic E-state index is -4.84. The largest absolute Gasteiger partial charge is 0.573 e. The number of ether oxygens (including phenoxy) is 1. The molecule has 4 rings (SSSR count). The Bertz CT molecular complexity index is 1200. The molecule has 1 saturated heterocycles. The smallest absolute Gasteiger partial charge is 0.406 e. The van der Waals surface area contributed by atoms with Gasteiger partial charge in [-0.05, 0) is 24.6 Å². The van der Waals surface area contributed by atoms with Gasteiger partial charge >= 0.3 is 12.4 Å². The summed E-state index contributed by atoms with van der Waals surface area (Å²) < 4.78 is 42.1. The van der Waals surface area contributed by atoms with E-state index in [0.29, 0.717) is 4.96 Å². The molecule has 8 nitrogen and oxygen atoms in total. The Morgan fingerprint density at radius 1 is 1.20 bits per heavy atom. The summed E-state index contributed by atoms with van der Waals surface area (Å²) in [6.07, 6.45) is -3.27. The molecule has 3 amide bonds. The summed E-state index contributed by atoms with van der Waals surface area (Å²) in [5, 5.41) is 4.23. The van der Waals surface area contributed by atoms with E-state index >= 15 is 0 Å². The van der Waals surface area contributed by atoms with Crippen molar-refractivity contribution in [2.45, 2.75) is 25.4 Å². The lowest BCUT2D eigenvalue weighted by Crippen LogP contribution is -2.40. The second-order valence-corrected chi connectivity index (χ2v) is 7.53. The average molecular weight is 438 g/mol. The van der Waals surface area contributed by atoms with Crippen LogP contribution in [0.1, 0.15) is 18.2 Å². The molecule has 2 aromatic heterocycles. The van der Waals surface area contributed by atoms with Crippen LogP contribution in [0, 0.1) is 0 Å². The first-order chi connectivity index (χ1) is 14.1. The summed E-state index contributed by atoms with van der Waals surface area (Å²) in [6.45, 7) is 1.22. The zero-order valence-corrected chi connectivity index (χ0v) is 16.1. The van der Waals surface area contributed by atoms with Crippen LogP contribution in [0.2, 0.25) is 0 Å². The molecule has 1 aliphatic heterocycles. The molecule has 1 atom stereocenters. The van der Waals surface area contributed by atoms with Crippen LogP contribution in [0.15, 0.2) is 46.7 Å². The Labute approximate surface area is 170 Å². The molecule has 12 heteroatoms. The fraction of sp³-hybridized carbons (Fsp3) is 0.222. The predicted molar refractivity (Wildman–Crippen MR) is 98.9 cm³/mol. The summed E-state index contributed by atoms with van der Waals surface area (Å²) in [5.41, 5.74) is -1.31. The maximum absolute atomic E-state index is 13.0. The van der Waals surface area contributed by atoms with Crippen LogP contribution in [-0.2, 0) is 16.9 Å². The van der Waals surface area contributed by atoms with Crippen molar-refractivity contribution in [3.05, 3.63) is 63.5 Å². The second kappa shape index (κ2) is 6.83. The summed E-state index contributed by atoms with van der Waals surface area (Å²) >= 11 is 1.23. The number of amides is 3. The zero-order valence-electron chi connectivity index (χ0n) is 15.3. The van der Waals surface area contributed by atoms with E-state index in [9.17, 15) is 27.6 Å². The van der Waals surface area contributed by atoms with Gasteiger partial charge in [0.15, 0.2) is 4.96 Å². The number of aromatic nitrogens is 2. The van der Waals surface area contributed by atoms with Crippen molar-refractivity contribution in [3.63, 3.8) is 0 Å². The highest BCUT2D eigenvalue weighted by Gasteiger charge is 2.49. The number of carbonyl (C=O) groups excluding carboxylic acids is 2. The highest BCUT2D eigenvalue weighted by atomic mass is 32.1. The molecule has 0 aliphatic carbocycles. The molecule has 1 N–H and O–H groups in total. The van der Waals surface area contributed by atoms with E-state index in [2.05, 4.69) is 15.0 Å². The van der Waals surface area contributed by atoms with Gasteiger partial charge in [-0.3, -0.25) is 18.9 Å². The van der Waals surface area contributed by atoms with Crippen molar-refractivity contribution in [2.75, 3.05) is 0 Å². The van der Waals surface area contributed by atoms with Crippen molar-refractivity contribution in [1.82, 2.24) is 19.6 Å². The number of rotatable bonds is 4. The number of hydrogen-bond acceptors (Lipinski definition) is 6. The van der Waals surface area contributed by atoms with Crippen LogP contribution in [0.5, 0.6) is 5.75 Å². The molecule has 3 aromatic rings. The standard InChI is InChI=1S/C18H13F3N4O4S/c1-17(10-2-4-12(5-3-10)29-18(19,20)21)14(27)25(15(28)23-17)9-11-8-13(26)24-6-7-30-16(24)22-11/h2-8H,9H2,1H3,(H,23,28). The highest BCUT2D eigenvalue weighted by Crippen LogP contribution is 2.32. The Morgan fingerprint density at radius 3 is 2.57 bits per heavy atom. The molecular formula is C18H13F3N4O4S. The summed E-state index contributed by atoms with van der Waals surface area (Å²) in [6, 6.07) is 5.19. The molecule has 30 heavy (non-hydrogen) atoms. The van der Waals surface area contributed by atoms with Crippen LogP contribution in [0.3, 0.4) is 0 Å². The van der Waals surface area contributed by atoms with Gasteiger partial charge in [-0.25, -0.2) is 9.78 Å². The molecule has 1 fully saturated rings. The molecule has 0 bridgehead atoms. The molecule has 0 radical (unpaired) electrons. The first-order valence-corrected chi connectivity index (χ1v) is 9.41. The number of hydrogen-bond donors (Lipinski definition) is 1. The zero-order chi connectivity index (χ0) is 21.7. The number of imide groups is 1. The van der Waals surface area contributed by atoms with Crippen LogP contribution >= 0.6 is 11.3 Å². The number of nitrogens with zero attached hydrogens (tertiary/aromatic N) is 3. The average Bonchev–Trinajstić information content (AvgIpc) is 3.21. The van der Waals surface area contributed by atoms with E-state index in [-0.39, 0.29) is 23.4 Å². The molecule has 1 aromatic carbocycles. The summed E-state index contributed by atoms with van der Waals surface area (Å²) in [5.74, 6) is -1.07. The number of urea groups is 1. The number of thiazole rings is 1. The van der Waals surface area contributed by atoms with E-state index in [1.807, 2.05) is 0 Å². The Morgan fingerprint density at radius 2 is 1.90 bits per heavy atom. The minimum absolute atomic E-state index is 0.223. The van der Waals surface area contributed by atoms with Crippen LogP contribution < -0.4 is 15.6 Å². The van der Waals surface area contributed by atoms with Gasteiger partial charge in [0, 0.05) is 17.6 Å². The van der Waals surface area contributed by atoms with Gasteiger partial charge in [-0.15, -0.1) is 24.5 Å². The van der Waals surface area contributed by atoms with Gasteiger partial charge < -0.3 is 10.1 Å². The van der Waals surface area contributed by atoms with Gasteiger partial charge in [-0.1, -0.05) is 12.1 Å². The lowest BCUT2D eigenvalue weighted by Gasteiger charge is -2.22. The van der Waals surface area contributed by atoms with Gasteiger partial charge in [0.25, 0.3) is 11.5 Å². The van der Waals surface area contributed by atoms with Crippen LogP contribution in [0.4, 0.5) is 18.0 Å². The summed E-state index contributed by atoms with van der Waals surface area (Å²) in [7, 11) is 0. The van der Waals surface area contributed by atoms with Gasteiger partial charge in [0.1, 0.15) is 11.3 Å². The van der Waals surface area contributed by atoms with Crippen molar-refractivity contribution >= 4 is 28.2 Å². The first-order valence-electron chi connectivity index (χ1n) is 8.53.